The summed E-state index contributed by atoms with van der Waals surface area (Å²) in [4.78, 5) is 4.77. The highest BCUT2D eigenvalue weighted by atomic mass is 16.5. The normalized spacial score (nSPS) is 19.3. The summed E-state index contributed by atoms with van der Waals surface area (Å²) in [6.45, 7) is 1.69. The number of hydrogen-bond donors (Lipinski definition) is 1. The summed E-state index contributed by atoms with van der Waals surface area (Å²) in [5.74, 6) is 4.57. The summed E-state index contributed by atoms with van der Waals surface area (Å²) in [7, 11) is 9.32. The van der Waals surface area contributed by atoms with E-state index in [0.29, 0.717) is 40.9 Å². The molecule has 4 heterocycles. The van der Waals surface area contributed by atoms with Gasteiger partial charge in [0.1, 0.15) is 11.5 Å². The number of fused-ring (bicyclic) bond motifs is 2. The maximum Gasteiger partial charge on any atom is 0.204 e. The molecule has 0 saturated heterocycles. The Morgan fingerprint density at radius 2 is 1.41 bits per heavy atom. The zero-order valence-corrected chi connectivity index (χ0v) is 27.3. The van der Waals surface area contributed by atoms with Gasteiger partial charge in [0, 0.05) is 36.3 Å². The second-order valence-electron chi connectivity index (χ2n) is 12.6. The lowest BCUT2D eigenvalue weighted by Gasteiger charge is -2.37. The maximum absolute atomic E-state index is 10.6. The van der Waals surface area contributed by atoms with Crippen LogP contribution in [0, 0.1) is 0 Å². The Morgan fingerprint density at radius 3 is 2.13 bits per heavy atom. The van der Waals surface area contributed by atoms with E-state index in [1.54, 1.807) is 21.3 Å². The molecule has 0 aromatic heterocycles. The minimum atomic E-state index is -0.128. The summed E-state index contributed by atoms with van der Waals surface area (Å²) < 4.78 is 31.0. The Balaban J connectivity index is 1.47. The molecule has 240 valence electrons. The molecule has 0 amide bonds. The highest BCUT2D eigenvalue weighted by Crippen LogP contribution is 2.51. The second kappa shape index (κ2) is 12.5. The molecule has 8 nitrogen and oxygen atoms in total. The molecule has 1 N–H and O–H groups in total. The van der Waals surface area contributed by atoms with Crippen molar-refractivity contribution < 1.29 is 28.8 Å². The molecular weight excluding hydrogens is 580 g/mol. The Labute approximate surface area is 271 Å². The van der Waals surface area contributed by atoms with Crippen molar-refractivity contribution in [3.8, 4) is 40.2 Å². The predicted octanol–water partition coefficient (Wildman–Crippen LogP) is 6.65. The summed E-state index contributed by atoms with van der Waals surface area (Å²) in [5.41, 5.74) is 7.77. The lowest BCUT2D eigenvalue weighted by atomic mass is 9.86. The van der Waals surface area contributed by atoms with E-state index in [1.165, 1.54) is 16.7 Å². The third-order valence-corrected chi connectivity index (χ3v) is 9.92. The summed E-state index contributed by atoms with van der Waals surface area (Å²) >= 11 is 0. The smallest absolute Gasteiger partial charge is 0.204 e. The number of benzene rings is 4. The zero-order valence-electron chi connectivity index (χ0n) is 27.3. The van der Waals surface area contributed by atoms with Gasteiger partial charge in [0.05, 0.1) is 27.9 Å². The first-order valence-corrected chi connectivity index (χ1v) is 16.0. The van der Waals surface area contributed by atoms with Gasteiger partial charge < -0.3 is 28.8 Å². The second-order valence-corrected chi connectivity index (χ2v) is 12.6. The maximum atomic E-state index is 10.6. The quantitative estimate of drug-likeness (QED) is 0.272. The number of aliphatic hydroxyl groups excluding tert-OH is 1. The van der Waals surface area contributed by atoms with Gasteiger partial charge in [-0.15, -0.1) is 0 Å². The van der Waals surface area contributed by atoms with Gasteiger partial charge in [0.25, 0.3) is 0 Å². The van der Waals surface area contributed by atoms with Crippen LogP contribution in [0.25, 0.3) is 0 Å². The predicted molar refractivity (Wildman–Crippen MR) is 177 cm³/mol. The van der Waals surface area contributed by atoms with Gasteiger partial charge in [-0.3, -0.25) is 9.80 Å². The number of ether oxygens (including phenoxy) is 5. The fourth-order valence-corrected chi connectivity index (χ4v) is 7.33. The summed E-state index contributed by atoms with van der Waals surface area (Å²) in [6, 6.07) is 21.0. The van der Waals surface area contributed by atoms with Crippen LogP contribution in [0.15, 0.2) is 60.7 Å². The largest absolute Gasteiger partial charge is 0.493 e. The molecule has 6 bridgehead atoms. The average molecular weight is 623 g/mol. The third-order valence-electron chi connectivity index (χ3n) is 9.92. The molecule has 0 spiro atoms. The first-order valence-electron chi connectivity index (χ1n) is 16.0. The Kier molecular flexibility index (Phi) is 8.27. The van der Waals surface area contributed by atoms with Crippen molar-refractivity contribution in [2.45, 2.75) is 44.4 Å². The first kappa shape index (κ1) is 30.4. The lowest BCUT2D eigenvalue weighted by Crippen LogP contribution is -2.34. The number of rotatable bonds is 4. The van der Waals surface area contributed by atoms with E-state index in [1.807, 2.05) is 18.2 Å². The Hall–Kier alpha value is -4.24. The van der Waals surface area contributed by atoms with Gasteiger partial charge in [-0.2, -0.15) is 0 Å². The standard InChI is InChI=1S/C38H42N2O6/c1-39-14-12-25-19-27(22-41)33-21-29(25)30(39)16-23-6-9-28(10-7-23)45-34-18-24(8-11-32(34)42-3)17-31-36-26(13-15-40(31)2)20-35(43-4)37(44-5)38(36)46-33/h6-11,18-21,30-31,41H,12-17,22H2,1-5H3/t30-,31+/m0/s1. The molecule has 4 aliphatic heterocycles. The number of hydrogen-bond acceptors (Lipinski definition) is 8. The van der Waals surface area contributed by atoms with E-state index >= 15 is 0 Å². The van der Waals surface area contributed by atoms with Gasteiger partial charge in [-0.1, -0.05) is 18.2 Å². The van der Waals surface area contributed by atoms with Crippen molar-refractivity contribution in [1.82, 2.24) is 9.80 Å². The highest BCUT2D eigenvalue weighted by molar-refractivity contribution is 5.63. The third kappa shape index (κ3) is 5.44. The van der Waals surface area contributed by atoms with Crippen LogP contribution in [-0.4, -0.2) is 63.4 Å². The van der Waals surface area contributed by atoms with E-state index in [9.17, 15) is 5.11 Å². The zero-order chi connectivity index (χ0) is 31.9. The SMILES string of the molecule is COc1ccc2cc1Oc1ccc(cc1)C[C@H]1c3cc(c(CO)cc3CCN1C)Oc1c(OC)c(OC)cc3c1[C@@H](C2)N(C)CC3. The van der Waals surface area contributed by atoms with Crippen LogP contribution < -0.4 is 23.7 Å². The fourth-order valence-electron chi connectivity index (χ4n) is 7.33. The fraction of sp³-hybridized carbons (Fsp3) is 0.368. The first-order chi connectivity index (χ1) is 22.4. The van der Waals surface area contributed by atoms with Gasteiger partial charge >= 0.3 is 0 Å². The van der Waals surface area contributed by atoms with Crippen LogP contribution in [0.2, 0.25) is 0 Å². The van der Waals surface area contributed by atoms with E-state index in [0.717, 1.165) is 60.4 Å². The molecular formula is C38H42N2O6. The van der Waals surface area contributed by atoms with E-state index in [4.69, 9.17) is 23.7 Å². The van der Waals surface area contributed by atoms with Crippen molar-refractivity contribution in [3.05, 3.63) is 99.6 Å². The minimum absolute atomic E-state index is 0.0212. The highest BCUT2D eigenvalue weighted by Gasteiger charge is 2.34. The minimum Gasteiger partial charge on any atom is -0.493 e. The van der Waals surface area contributed by atoms with Gasteiger partial charge in [0.2, 0.25) is 5.75 Å². The van der Waals surface area contributed by atoms with Crippen molar-refractivity contribution in [3.63, 3.8) is 0 Å². The van der Waals surface area contributed by atoms with Crippen LogP contribution >= 0.6 is 0 Å². The molecule has 2 atom stereocenters. The molecule has 4 aromatic carbocycles. The molecule has 4 aliphatic rings. The molecule has 0 saturated carbocycles. The van der Waals surface area contributed by atoms with Crippen molar-refractivity contribution >= 4 is 0 Å². The van der Waals surface area contributed by atoms with Gasteiger partial charge in [-0.25, -0.2) is 0 Å². The topological polar surface area (TPSA) is 72.9 Å². The molecule has 0 radical (unpaired) electrons. The van der Waals surface area contributed by atoms with E-state index in [-0.39, 0.29) is 18.7 Å². The molecule has 0 unspecified atom stereocenters. The summed E-state index contributed by atoms with van der Waals surface area (Å²) in [6.07, 6.45) is 3.28. The van der Waals surface area contributed by atoms with E-state index < -0.39 is 0 Å². The molecule has 0 fully saturated rings. The monoisotopic (exact) mass is 622 g/mol. The number of methoxy groups -OCH3 is 3. The Bertz CT molecular complexity index is 1750. The van der Waals surface area contributed by atoms with Gasteiger partial charge in [0.15, 0.2) is 23.0 Å². The van der Waals surface area contributed by atoms with Crippen molar-refractivity contribution in [1.29, 1.82) is 0 Å². The number of likely N-dealkylation sites (N-methyl/N-ethyl adjacent to an activating group) is 2. The summed E-state index contributed by atoms with van der Waals surface area (Å²) in [5, 5.41) is 10.6. The molecule has 8 rings (SSSR count). The number of aliphatic hydroxyl groups is 1. The Morgan fingerprint density at radius 1 is 0.717 bits per heavy atom. The van der Waals surface area contributed by atoms with Crippen LogP contribution in [0.5, 0.6) is 40.2 Å². The van der Waals surface area contributed by atoms with Crippen LogP contribution in [-0.2, 0) is 32.3 Å². The molecule has 46 heavy (non-hydrogen) atoms. The van der Waals surface area contributed by atoms with Gasteiger partial charge in [-0.05, 0) is 110 Å². The molecule has 8 heteroatoms. The van der Waals surface area contributed by atoms with Crippen LogP contribution in [0.4, 0.5) is 0 Å². The van der Waals surface area contributed by atoms with Crippen LogP contribution in [0.3, 0.4) is 0 Å². The van der Waals surface area contributed by atoms with E-state index in [2.05, 4.69) is 66.4 Å². The van der Waals surface area contributed by atoms with Crippen molar-refractivity contribution in [2.24, 2.45) is 0 Å². The van der Waals surface area contributed by atoms with Crippen molar-refractivity contribution in [2.75, 3.05) is 48.5 Å². The average Bonchev–Trinajstić information content (AvgIpc) is 3.07. The number of nitrogens with zero attached hydrogens (tertiary/aromatic N) is 2. The molecule has 4 aromatic rings. The molecule has 0 aliphatic carbocycles. The van der Waals surface area contributed by atoms with Crippen LogP contribution in [0.1, 0.15) is 51.0 Å². The lowest BCUT2D eigenvalue weighted by molar-refractivity contribution is 0.220.